The molecule has 2 heteroatoms. The largest absolute Gasteiger partial charge is 0.328 e. The minimum atomic E-state index is 0.388. The van der Waals surface area contributed by atoms with Gasteiger partial charge in [0.05, 0.1) is 27.2 Å². The molecule has 1 aliphatic heterocycles. The van der Waals surface area contributed by atoms with Gasteiger partial charge in [-0.3, -0.25) is 0 Å². The van der Waals surface area contributed by atoms with E-state index in [0.29, 0.717) is 5.41 Å². The smallest absolute Gasteiger partial charge is 0.0880 e. The zero-order valence-corrected chi connectivity index (χ0v) is 13.7. The molecule has 0 N–H and O–H groups in total. The maximum absolute atomic E-state index is 2.39. The third-order valence-corrected chi connectivity index (χ3v) is 4.80. The van der Waals surface area contributed by atoms with Crippen molar-refractivity contribution >= 4 is 0 Å². The van der Waals surface area contributed by atoms with E-state index < -0.39 is 0 Å². The Morgan fingerprint density at radius 2 is 1.85 bits per heavy atom. The molecule has 2 nitrogen and oxygen atoms in total. The molecule has 1 fully saturated rings. The molecule has 0 saturated carbocycles. The number of piperidine rings is 1. The second-order valence-electron chi connectivity index (χ2n) is 7.47. The molecule has 1 atom stereocenters. The molecule has 0 aliphatic carbocycles. The van der Waals surface area contributed by atoms with Crippen molar-refractivity contribution in [3.05, 3.63) is 35.9 Å². The molecule has 0 amide bonds. The lowest BCUT2D eigenvalue weighted by Gasteiger charge is -2.46. The van der Waals surface area contributed by atoms with E-state index in [2.05, 4.69) is 63.4 Å². The Bertz CT molecular complexity index is 411. The van der Waals surface area contributed by atoms with Gasteiger partial charge in [0, 0.05) is 5.41 Å². The van der Waals surface area contributed by atoms with E-state index in [1.54, 1.807) is 5.56 Å². The lowest BCUT2D eigenvalue weighted by atomic mass is 9.70. The number of hydrogen-bond donors (Lipinski definition) is 0. The average molecular weight is 275 g/mol. The van der Waals surface area contributed by atoms with Gasteiger partial charge < -0.3 is 9.38 Å². The molecular formula is C18H31N2+. The van der Waals surface area contributed by atoms with E-state index in [1.165, 1.54) is 45.3 Å². The standard InChI is InChI=1S/C18H31N2/c1-19(2)14-8-12-18(17-10-6-5-7-11-17)13-9-15-20(3,4)16-18/h5-7,10-11H,8-9,12-16H2,1-4H3/q+1. The maximum Gasteiger partial charge on any atom is 0.0880 e. The van der Waals surface area contributed by atoms with Crippen LogP contribution >= 0.6 is 0 Å². The Morgan fingerprint density at radius 3 is 2.45 bits per heavy atom. The zero-order chi connectivity index (χ0) is 14.6. The number of hydrogen-bond acceptors (Lipinski definition) is 1. The number of nitrogens with zero attached hydrogens (tertiary/aromatic N) is 2. The summed E-state index contributed by atoms with van der Waals surface area (Å²) in [4.78, 5) is 2.31. The molecular weight excluding hydrogens is 244 g/mol. The first-order valence-corrected chi connectivity index (χ1v) is 7.96. The fraction of sp³-hybridized carbons (Fsp3) is 0.667. The van der Waals surface area contributed by atoms with Crippen LogP contribution in [-0.4, -0.2) is 57.2 Å². The fourth-order valence-electron chi connectivity index (χ4n) is 3.93. The van der Waals surface area contributed by atoms with Crippen molar-refractivity contribution in [2.24, 2.45) is 0 Å². The third kappa shape index (κ3) is 3.83. The highest BCUT2D eigenvalue weighted by Crippen LogP contribution is 2.39. The van der Waals surface area contributed by atoms with E-state index in [-0.39, 0.29) is 0 Å². The van der Waals surface area contributed by atoms with Crippen LogP contribution in [0, 0.1) is 0 Å². The van der Waals surface area contributed by atoms with E-state index in [0.717, 1.165) is 4.48 Å². The molecule has 0 bridgehead atoms. The van der Waals surface area contributed by atoms with Crippen LogP contribution in [0.25, 0.3) is 0 Å². The van der Waals surface area contributed by atoms with Crippen molar-refractivity contribution in [1.29, 1.82) is 0 Å². The highest BCUT2D eigenvalue weighted by molar-refractivity contribution is 5.26. The molecule has 0 aromatic heterocycles. The summed E-state index contributed by atoms with van der Waals surface area (Å²) in [6.07, 6.45) is 5.31. The maximum atomic E-state index is 2.39. The molecule has 2 rings (SSSR count). The van der Waals surface area contributed by atoms with E-state index >= 15 is 0 Å². The Balaban J connectivity index is 2.19. The highest BCUT2D eigenvalue weighted by Gasteiger charge is 2.41. The Kier molecular flexibility index (Phi) is 4.87. The second kappa shape index (κ2) is 6.28. The van der Waals surface area contributed by atoms with Crippen molar-refractivity contribution < 1.29 is 4.48 Å². The van der Waals surface area contributed by atoms with Gasteiger partial charge in [-0.25, -0.2) is 0 Å². The van der Waals surface area contributed by atoms with Gasteiger partial charge in [-0.2, -0.15) is 0 Å². The molecule has 1 unspecified atom stereocenters. The van der Waals surface area contributed by atoms with Gasteiger partial charge in [0.15, 0.2) is 0 Å². The molecule has 1 heterocycles. The average Bonchev–Trinajstić information content (AvgIpc) is 2.38. The van der Waals surface area contributed by atoms with Crippen molar-refractivity contribution in [2.45, 2.75) is 31.1 Å². The van der Waals surface area contributed by atoms with Crippen LogP contribution in [-0.2, 0) is 5.41 Å². The number of likely N-dealkylation sites (tertiary alicyclic amines) is 1. The summed E-state index contributed by atoms with van der Waals surface area (Å²) >= 11 is 0. The summed E-state index contributed by atoms with van der Waals surface area (Å²) in [6, 6.07) is 11.2. The molecule has 112 valence electrons. The van der Waals surface area contributed by atoms with Crippen molar-refractivity contribution in [1.82, 2.24) is 4.90 Å². The van der Waals surface area contributed by atoms with Gasteiger partial charge in [0.2, 0.25) is 0 Å². The monoisotopic (exact) mass is 275 g/mol. The van der Waals surface area contributed by atoms with Crippen LogP contribution in [0.5, 0.6) is 0 Å². The van der Waals surface area contributed by atoms with Gasteiger partial charge in [-0.15, -0.1) is 0 Å². The van der Waals surface area contributed by atoms with E-state index in [4.69, 9.17) is 0 Å². The van der Waals surface area contributed by atoms with Crippen molar-refractivity contribution in [3.63, 3.8) is 0 Å². The predicted molar refractivity (Wildman–Crippen MR) is 87.0 cm³/mol. The molecule has 0 spiro atoms. The molecule has 1 aromatic rings. The van der Waals surface area contributed by atoms with Crippen LogP contribution in [0.4, 0.5) is 0 Å². The first-order chi connectivity index (χ1) is 9.44. The topological polar surface area (TPSA) is 3.24 Å². The molecule has 20 heavy (non-hydrogen) atoms. The number of likely N-dealkylation sites (N-methyl/N-ethyl adjacent to an activating group) is 1. The van der Waals surface area contributed by atoms with Gasteiger partial charge in [0.1, 0.15) is 0 Å². The molecule has 1 aliphatic rings. The van der Waals surface area contributed by atoms with Crippen LogP contribution in [0.1, 0.15) is 31.2 Å². The summed E-state index contributed by atoms with van der Waals surface area (Å²) in [7, 11) is 9.14. The summed E-state index contributed by atoms with van der Waals surface area (Å²) in [5.74, 6) is 0. The number of benzene rings is 1. The van der Waals surface area contributed by atoms with Gasteiger partial charge in [0.25, 0.3) is 0 Å². The summed E-state index contributed by atoms with van der Waals surface area (Å²) in [5.41, 5.74) is 1.95. The number of rotatable bonds is 5. The van der Waals surface area contributed by atoms with Gasteiger partial charge in [-0.1, -0.05) is 30.3 Å². The fourth-order valence-corrected chi connectivity index (χ4v) is 3.93. The Labute approximate surface area is 125 Å². The third-order valence-electron chi connectivity index (χ3n) is 4.80. The van der Waals surface area contributed by atoms with Crippen molar-refractivity contribution in [2.75, 3.05) is 47.8 Å². The Hall–Kier alpha value is -0.860. The van der Waals surface area contributed by atoms with E-state index in [9.17, 15) is 0 Å². The first-order valence-electron chi connectivity index (χ1n) is 7.96. The summed E-state index contributed by atoms with van der Waals surface area (Å²) in [5, 5.41) is 0. The van der Waals surface area contributed by atoms with Crippen LogP contribution in [0.2, 0.25) is 0 Å². The molecule has 0 radical (unpaired) electrons. The number of quaternary nitrogens is 1. The predicted octanol–water partition coefficient (Wildman–Crippen LogP) is 3.14. The first kappa shape index (κ1) is 15.5. The summed E-state index contributed by atoms with van der Waals surface area (Å²) < 4.78 is 1.16. The summed E-state index contributed by atoms with van der Waals surface area (Å²) in [6.45, 7) is 3.80. The lowest BCUT2D eigenvalue weighted by molar-refractivity contribution is -0.900. The second-order valence-corrected chi connectivity index (χ2v) is 7.47. The van der Waals surface area contributed by atoms with Crippen LogP contribution < -0.4 is 0 Å². The van der Waals surface area contributed by atoms with Gasteiger partial charge >= 0.3 is 0 Å². The van der Waals surface area contributed by atoms with E-state index in [1.807, 2.05) is 0 Å². The minimum Gasteiger partial charge on any atom is -0.328 e. The van der Waals surface area contributed by atoms with Crippen LogP contribution in [0.15, 0.2) is 30.3 Å². The zero-order valence-electron chi connectivity index (χ0n) is 13.7. The SMILES string of the molecule is CN(C)CCCC1(c2ccccc2)CCC[N+](C)(C)C1. The molecule has 1 aromatic carbocycles. The van der Waals surface area contributed by atoms with Crippen molar-refractivity contribution in [3.8, 4) is 0 Å². The van der Waals surface area contributed by atoms with Crippen LogP contribution in [0.3, 0.4) is 0 Å². The normalized spacial score (nSPS) is 25.9. The molecule has 1 saturated heterocycles. The lowest BCUT2D eigenvalue weighted by Crippen LogP contribution is -2.54. The quantitative estimate of drug-likeness (QED) is 0.746. The highest BCUT2D eigenvalue weighted by atomic mass is 15.3. The Morgan fingerprint density at radius 1 is 1.15 bits per heavy atom. The minimum absolute atomic E-state index is 0.388. The van der Waals surface area contributed by atoms with Gasteiger partial charge in [-0.05, 0) is 51.9 Å².